The van der Waals surface area contributed by atoms with Crippen LogP contribution in [0.3, 0.4) is 0 Å². The number of nitrogens with zero attached hydrogens (tertiary/aromatic N) is 1. The fourth-order valence-electron chi connectivity index (χ4n) is 0.987. The minimum absolute atomic E-state index is 0.0499. The Balaban J connectivity index is 3.20. The normalized spacial score (nSPS) is 10.2. The van der Waals surface area contributed by atoms with Crippen molar-refractivity contribution in [3.63, 3.8) is 0 Å². The highest BCUT2D eigenvalue weighted by atomic mass is 79.9. The molecule has 6 heteroatoms. The molecule has 0 aliphatic rings. The van der Waals surface area contributed by atoms with E-state index in [1.807, 2.05) is 0 Å². The molecule has 0 N–H and O–H groups in total. The fraction of sp³-hybridized carbons (Fsp3) is 0.222. The molecule has 0 aliphatic heterocycles. The van der Waals surface area contributed by atoms with Crippen molar-refractivity contribution in [1.82, 2.24) is 5.06 Å². The molecule has 0 atom stereocenters. The van der Waals surface area contributed by atoms with Gasteiger partial charge in [-0.15, -0.1) is 0 Å². The molecule has 82 valence electrons. The second-order valence-corrected chi connectivity index (χ2v) is 3.58. The Kier molecular flexibility index (Phi) is 3.76. The van der Waals surface area contributed by atoms with Crippen LogP contribution in [0.15, 0.2) is 16.6 Å². The number of hydrogen-bond donors (Lipinski definition) is 0. The smallest absolute Gasteiger partial charge is 0.274 e. The first-order valence-electron chi connectivity index (χ1n) is 3.94. The third-order valence-electron chi connectivity index (χ3n) is 1.78. The molecule has 0 radical (unpaired) electrons. The quantitative estimate of drug-likeness (QED) is 0.778. The van der Waals surface area contributed by atoms with Crippen molar-refractivity contribution in [2.45, 2.75) is 0 Å². The topological polar surface area (TPSA) is 29.5 Å². The van der Waals surface area contributed by atoms with Gasteiger partial charge in [0.15, 0.2) is 0 Å². The number of amides is 1. The summed E-state index contributed by atoms with van der Waals surface area (Å²) in [6.07, 6.45) is 0. The van der Waals surface area contributed by atoms with Gasteiger partial charge in [0.25, 0.3) is 5.91 Å². The highest BCUT2D eigenvalue weighted by Crippen LogP contribution is 2.22. The van der Waals surface area contributed by atoms with Crippen molar-refractivity contribution in [3.8, 4) is 0 Å². The van der Waals surface area contributed by atoms with Gasteiger partial charge in [-0.1, -0.05) is 0 Å². The molecule has 0 spiro atoms. The number of carbonyl (C=O) groups excluding carboxylic acids is 1. The molecule has 1 amide bonds. The predicted molar refractivity (Wildman–Crippen MR) is 53.2 cm³/mol. The van der Waals surface area contributed by atoms with Gasteiger partial charge >= 0.3 is 0 Å². The Morgan fingerprint density at radius 1 is 1.47 bits per heavy atom. The Hall–Kier alpha value is -1.01. The lowest BCUT2D eigenvalue weighted by Gasteiger charge is -2.14. The molecule has 0 fully saturated rings. The van der Waals surface area contributed by atoms with Crippen LogP contribution < -0.4 is 0 Å². The van der Waals surface area contributed by atoms with E-state index >= 15 is 0 Å². The van der Waals surface area contributed by atoms with Crippen LogP contribution in [0, 0.1) is 11.6 Å². The minimum atomic E-state index is -0.934. The van der Waals surface area contributed by atoms with E-state index in [-0.39, 0.29) is 10.0 Å². The average Bonchev–Trinajstić information content (AvgIpc) is 2.14. The lowest BCUT2D eigenvalue weighted by molar-refractivity contribution is -0.0760. The van der Waals surface area contributed by atoms with Crippen molar-refractivity contribution in [1.29, 1.82) is 0 Å². The SMILES string of the molecule is CON(C)C(=O)c1c(F)cc(F)cc1Br. The second-order valence-electron chi connectivity index (χ2n) is 2.73. The number of halogens is 3. The summed E-state index contributed by atoms with van der Waals surface area (Å²) in [5.74, 6) is -2.38. The molecule has 0 saturated carbocycles. The number of rotatable bonds is 2. The lowest BCUT2D eigenvalue weighted by atomic mass is 10.2. The fourth-order valence-corrected chi connectivity index (χ4v) is 1.56. The highest BCUT2D eigenvalue weighted by Gasteiger charge is 2.20. The van der Waals surface area contributed by atoms with Crippen LogP contribution in [-0.4, -0.2) is 25.1 Å². The Morgan fingerprint density at radius 3 is 2.53 bits per heavy atom. The van der Waals surface area contributed by atoms with Gasteiger partial charge in [-0.25, -0.2) is 13.8 Å². The first-order valence-corrected chi connectivity index (χ1v) is 4.73. The van der Waals surface area contributed by atoms with Crippen LogP contribution >= 0.6 is 15.9 Å². The Morgan fingerprint density at radius 2 is 2.07 bits per heavy atom. The maximum atomic E-state index is 13.3. The van der Waals surface area contributed by atoms with E-state index in [1.165, 1.54) is 14.2 Å². The molecule has 3 nitrogen and oxygen atoms in total. The van der Waals surface area contributed by atoms with E-state index in [0.29, 0.717) is 6.07 Å². The van der Waals surface area contributed by atoms with E-state index < -0.39 is 17.5 Å². The summed E-state index contributed by atoms with van der Waals surface area (Å²) in [5.41, 5.74) is -0.263. The molecule has 1 aromatic rings. The maximum absolute atomic E-state index is 13.3. The average molecular weight is 280 g/mol. The molecule has 0 heterocycles. The van der Waals surface area contributed by atoms with E-state index in [4.69, 9.17) is 0 Å². The monoisotopic (exact) mass is 279 g/mol. The molecular weight excluding hydrogens is 272 g/mol. The molecule has 0 saturated heterocycles. The van der Waals surface area contributed by atoms with Crippen molar-refractivity contribution in [2.24, 2.45) is 0 Å². The van der Waals surface area contributed by atoms with Crippen molar-refractivity contribution < 1.29 is 18.4 Å². The summed E-state index contributed by atoms with van der Waals surface area (Å²) in [4.78, 5) is 16.1. The van der Waals surface area contributed by atoms with Gasteiger partial charge in [-0.05, 0) is 22.0 Å². The first kappa shape index (κ1) is 12.1. The van der Waals surface area contributed by atoms with Crippen molar-refractivity contribution >= 4 is 21.8 Å². The van der Waals surface area contributed by atoms with E-state index in [0.717, 1.165) is 11.1 Å². The van der Waals surface area contributed by atoms with Crippen LogP contribution in [0.25, 0.3) is 0 Å². The number of hydroxylamine groups is 2. The molecular formula is C9H8BrF2NO2. The van der Waals surface area contributed by atoms with Gasteiger partial charge in [0, 0.05) is 17.6 Å². The number of benzene rings is 1. The molecule has 0 aliphatic carbocycles. The van der Waals surface area contributed by atoms with Crippen LogP contribution in [0.1, 0.15) is 10.4 Å². The van der Waals surface area contributed by atoms with Crippen LogP contribution in [0.2, 0.25) is 0 Å². The summed E-state index contributed by atoms with van der Waals surface area (Å²) in [7, 11) is 2.60. The zero-order valence-electron chi connectivity index (χ0n) is 8.05. The lowest BCUT2D eigenvalue weighted by Crippen LogP contribution is -2.26. The van der Waals surface area contributed by atoms with Crippen LogP contribution in [-0.2, 0) is 4.84 Å². The summed E-state index contributed by atoms with van der Waals surface area (Å²) >= 11 is 2.91. The van der Waals surface area contributed by atoms with Crippen molar-refractivity contribution in [3.05, 3.63) is 33.8 Å². The van der Waals surface area contributed by atoms with Gasteiger partial charge in [-0.2, -0.15) is 0 Å². The largest absolute Gasteiger partial charge is 0.281 e. The summed E-state index contributed by atoms with van der Waals surface area (Å²) < 4.78 is 26.1. The summed E-state index contributed by atoms with van der Waals surface area (Å²) in [6.45, 7) is 0. The predicted octanol–water partition coefficient (Wildman–Crippen LogP) is 2.36. The van der Waals surface area contributed by atoms with Crippen molar-refractivity contribution in [2.75, 3.05) is 14.2 Å². The zero-order valence-corrected chi connectivity index (χ0v) is 9.64. The first-order chi connectivity index (χ1) is 6.97. The minimum Gasteiger partial charge on any atom is -0.274 e. The third-order valence-corrected chi connectivity index (χ3v) is 2.41. The molecule has 0 bridgehead atoms. The van der Waals surface area contributed by atoms with Crippen LogP contribution in [0.4, 0.5) is 8.78 Å². The summed E-state index contributed by atoms with van der Waals surface area (Å²) in [5, 5.41) is 0.848. The van der Waals surface area contributed by atoms with Crippen LogP contribution in [0.5, 0.6) is 0 Å². The third kappa shape index (κ3) is 2.51. The Bertz CT molecular complexity index is 375. The number of hydrogen-bond acceptors (Lipinski definition) is 2. The van der Waals surface area contributed by atoms with E-state index in [9.17, 15) is 13.6 Å². The standard InChI is InChI=1S/C9H8BrF2NO2/c1-13(15-2)9(14)8-6(10)3-5(11)4-7(8)12/h3-4H,1-2H3. The molecule has 1 rings (SSSR count). The van der Waals surface area contributed by atoms with Gasteiger partial charge in [0.05, 0.1) is 12.7 Å². The van der Waals surface area contributed by atoms with Gasteiger partial charge in [0.1, 0.15) is 11.6 Å². The Labute approximate surface area is 93.7 Å². The highest BCUT2D eigenvalue weighted by molar-refractivity contribution is 9.10. The molecule has 0 aromatic heterocycles. The zero-order chi connectivity index (χ0) is 11.6. The van der Waals surface area contributed by atoms with Gasteiger partial charge < -0.3 is 0 Å². The molecule has 0 unspecified atom stereocenters. The second kappa shape index (κ2) is 4.67. The van der Waals surface area contributed by atoms with Gasteiger partial charge in [0.2, 0.25) is 0 Å². The van der Waals surface area contributed by atoms with Gasteiger partial charge in [-0.3, -0.25) is 9.63 Å². The maximum Gasteiger partial charge on any atom is 0.281 e. The summed E-state index contributed by atoms with van der Waals surface area (Å²) in [6, 6.07) is 1.65. The van der Waals surface area contributed by atoms with E-state index in [1.54, 1.807) is 0 Å². The van der Waals surface area contributed by atoms with E-state index in [2.05, 4.69) is 20.8 Å². The molecule has 1 aromatic carbocycles. The number of carbonyl (C=O) groups is 1. The molecule has 15 heavy (non-hydrogen) atoms.